The molecule has 0 atom stereocenters. The van der Waals surface area contributed by atoms with Crippen LogP contribution < -0.4 is 0 Å². The van der Waals surface area contributed by atoms with Crippen LogP contribution in [-0.2, 0) is 4.74 Å². The van der Waals surface area contributed by atoms with Gasteiger partial charge in [-0.2, -0.15) is 0 Å². The Hall–Kier alpha value is -2.57. The zero-order chi connectivity index (χ0) is 15.5. The van der Waals surface area contributed by atoms with E-state index < -0.39 is 0 Å². The third kappa shape index (κ3) is 2.74. The number of para-hydroxylation sites is 2. The molecule has 7 heteroatoms. The first kappa shape index (κ1) is 14.4. The minimum absolute atomic E-state index is 0.139. The van der Waals surface area contributed by atoms with Gasteiger partial charge in [0.15, 0.2) is 5.82 Å². The van der Waals surface area contributed by atoms with Gasteiger partial charge >= 0.3 is 6.09 Å². The van der Waals surface area contributed by atoms with E-state index in [4.69, 9.17) is 4.74 Å². The Morgan fingerprint density at radius 1 is 1.18 bits per heavy atom. The second-order valence-electron chi connectivity index (χ2n) is 5.08. The number of piperazine rings is 1. The van der Waals surface area contributed by atoms with Gasteiger partial charge in [-0.15, -0.1) is 0 Å². The number of imidazole rings is 1. The molecule has 0 saturated carbocycles. The highest BCUT2D eigenvalue weighted by Gasteiger charge is 2.26. The molecule has 7 nitrogen and oxygen atoms in total. The number of amides is 2. The number of nitrogens with one attached hydrogen (secondary N) is 1. The smallest absolute Gasteiger partial charge is 0.409 e. The van der Waals surface area contributed by atoms with Gasteiger partial charge in [-0.1, -0.05) is 12.1 Å². The molecule has 2 aromatic rings. The van der Waals surface area contributed by atoms with Gasteiger partial charge in [0.1, 0.15) is 0 Å². The van der Waals surface area contributed by atoms with Crippen molar-refractivity contribution in [2.24, 2.45) is 0 Å². The van der Waals surface area contributed by atoms with E-state index >= 15 is 0 Å². The predicted octanol–water partition coefficient (Wildman–Crippen LogP) is 1.48. The van der Waals surface area contributed by atoms with Crippen molar-refractivity contribution in [3.8, 4) is 0 Å². The third-order valence-electron chi connectivity index (χ3n) is 3.68. The maximum absolute atomic E-state index is 12.5. The summed E-state index contributed by atoms with van der Waals surface area (Å²) < 4.78 is 4.97. The van der Waals surface area contributed by atoms with Crippen LogP contribution in [0.3, 0.4) is 0 Å². The van der Waals surface area contributed by atoms with Crippen LogP contribution in [0.4, 0.5) is 4.79 Å². The number of nitrogens with zero attached hydrogens (tertiary/aromatic N) is 3. The van der Waals surface area contributed by atoms with Crippen molar-refractivity contribution in [1.29, 1.82) is 0 Å². The van der Waals surface area contributed by atoms with Gasteiger partial charge in [0.25, 0.3) is 5.91 Å². The van der Waals surface area contributed by atoms with E-state index in [2.05, 4.69) is 9.97 Å². The summed E-state index contributed by atoms with van der Waals surface area (Å²) in [7, 11) is 0. The van der Waals surface area contributed by atoms with Crippen LogP contribution in [0.2, 0.25) is 0 Å². The van der Waals surface area contributed by atoms with Gasteiger partial charge in [-0.3, -0.25) is 4.79 Å². The van der Waals surface area contributed by atoms with E-state index in [0.717, 1.165) is 11.0 Å². The van der Waals surface area contributed by atoms with Crippen LogP contribution >= 0.6 is 0 Å². The Morgan fingerprint density at radius 3 is 2.55 bits per heavy atom. The highest BCUT2D eigenvalue weighted by molar-refractivity contribution is 5.94. The van der Waals surface area contributed by atoms with Gasteiger partial charge in [0.2, 0.25) is 0 Å². The Labute approximate surface area is 127 Å². The summed E-state index contributed by atoms with van der Waals surface area (Å²) in [5.41, 5.74) is 1.62. The van der Waals surface area contributed by atoms with Crippen molar-refractivity contribution in [2.45, 2.75) is 6.92 Å². The Balaban J connectivity index is 1.65. The summed E-state index contributed by atoms with van der Waals surface area (Å²) in [6.45, 7) is 4.05. The molecule has 1 aromatic heterocycles. The van der Waals surface area contributed by atoms with E-state index in [1.54, 1.807) is 16.7 Å². The first-order chi connectivity index (χ1) is 10.7. The number of carbonyl (C=O) groups is 2. The van der Waals surface area contributed by atoms with Crippen molar-refractivity contribution in [3.05, 3.63) is 30.1 Å². The molecule has 0 unspecified atom stereocenters. The molecule has 1 fully saturated rings. The van der Waals surface area contributed by atoms with E-state index in [1.807, 2.05) is 24.3 Å². The average molecular weight is 302 g/mol. The topological polar surface area (TPSA) is 78.5 Å². The molecule has 2 amide bonds. The van der Waals surface area contributed by atoms with Crippen molar-refractivity contribution in [1.82, 2.24) is 19.8 Å². The Bertz CT molecular complexity index is 656. The van der Waals surface area contributed by atoms with Gasteiger partial charge in [-0.05, 0) is 19.1 Å². The number of hydrogen-bond acceptors (Lipinski definition) is 4. The van der Waals surface area contributed by atoms with E-state index in [-0.39, 0.29) is 12.0 Å². The highest BCUT2D eigenvalue weighted by Crippen LogP contribution is 2.13. The number of ether oxygens (including phenoxy) is 1. The highest BCUT2D eigenvalue weighted by atomic mass is 16.6. The minimum Gasteiger partial charge on any atom is -0.450 e. The SMILES string of the molecule is CCOC(=O)N1CCN(C(=O)c2nc3ccccc3[nH]2)CC1. The number of aromatic amines is 1. The van der Waals surface area contributed by atoms with Crippen LogP contribution in [0, 0.1) is 0 Å². The molecule has 1 aliphatic heterocycles. The molecule has 1 saturated heterocycles. The summed E-state index contributed by atoms with van der Waals surface area (Å²) >= 11 is 0. The Morgan fingerprint density at radius 2 is 1.86 bits per heavy atom. The fourth-order valence-corrected chi connectivity index (χ4v) is 2.51. The first-order valence-corrected chi connectivity index (χ1v) is 7.34. The molecule has 0 radical (unpaired) electrons. The summed E-state index contributed by atoms with van der Waals surface area (Å²) in [5, 5.41) is 0. The molecule has 1 N–H and O–H groups in total. The normalized spacial score (nSPS) is 15.1. The molecule has 0 bridgehead atoms. The molecule has 3 rings (SSSR count). The largest absolute Gasteiger partial charge is 0.450 e. The predicted molar refractivity (Wildman–Crippen MR) is 80.6 cm³/mol. The van der Waals surface area contributed by atoms with Crippen LogP contribution in [0.1, 0.15) is 17.5 Å². The zero-order valence-electron chi connectivity index (χ0n) is 12.4. The molecule has 0 aliphatic carbocycles. The number of H-pyrrole nitrogens is 1. The maximum atomic E-state index is 12.5. The quantitative estimate of drug-likeness (QED) is 0.911. The van der Waals surface area contributed by atoms with E-state index in [0.29, 0.717) is 38.6 Å². The molecule has 1 aliphatic rings. The number of benzene rings is 1. The van der Waals surface area contributed by atoms with Crippen molar-refractivity contribution < 1.29 is 14.3 Å². The average Bonchev–Trinajstić information content (AvgIpc) is 2.98. The Kier molecular flexibility index (Phi) is 3.95. The monoisotopic (exact) mass is 302 g/mol. The molecular formula is C15H18N4O3. The summed E-state index contributed by atoms with van der Waals surface area (Å²) in [6.07, 6.45) is -0.321. The molecule has 0 spiro atoms. The lowest BCUT2D eigenvalue weighted by Gasteiger charge is -2.33. The van der Waals surface area contributed by atoms with Crippen molar-refractivity contribution in [2.75, 3.05) is 32.8 Å². The van der Waals surface area contributed by atoms with Crippen LogP contribution in [0.5, 0.6) is 0 Å². The number of aromatic nitrogens is 2. The molecular weight excluding hydrogens is 284 g/mol. The van der Waals surface area contributed by atoms with Crippen molar-refractivity contribution in [3.63, 3.8) is 0 Å². The van der Waals surface area contributed by atoms with Crippen LogP contribution in [0.15, 0.2) is 24.3 Å². The maximum Gasteiger partial charge on any atom is 0.409 e. The molecule has 116 valence electrons. The number of rotatable bonds is 2. The zero-order valence-corrected chi connectivity index (χ0v) is 12.4. The fraction of sp³-hybridized carbons (Fsp3) is 0.400. The fourth-order valence-electron chi connectivity index (χ4n) is 2.51. The summed E-state index contributed by atoms with van der Waals surface area (Å²) in [5.74, 6) is 0.200. The number of fused-ring (bicyclic) bond motifs is 1. The summed E-state index contributed by atoms with van der Waals surface area (Å²) in [6, 6.07) is 7.53. The number of hydrogen-bond donors (Lipinski definition) is 1. The second kappa shape index (κ2) is 6.05. The molecule has 1 aromatic carbocycles. The van der Waals surface area contributed by atoms with Gasteiger partial charge < -0.3 is 19.5 Å². The summed E-state index contributed by atoms with van der Waals surface area (Å²) in [4.78, 5) is 34.8. The lowest BCUT2D eigenvalue weighted by molar-refractivity contribution is 0.0562. The second-order valence-corrected chi connectivity index (χ2v) is 5.08. The minimum atomic E-state index is -0.321. The lowest BCUT2D eigenvalue weighted by atomic mass is 10.3. The van der Waals surface area contributed by atoms with Gasteiger partial charge in [0.05, 0.1) is 17.6 Å². The molecule has 22 heavy (non-hydrogen) atoms. The van der Waals surface area contributed by atoms with Crippen LogP contribution in [-0.4, -0.2) is 64.6 Å². The van der Waals surface area contributed by atoms with E-state index in [1.165, 1.54) is 0 Å². The van der Waals surface area contributed by atoms with Crippen molar-refractivity contribution >= 4 is 23.0 Å². The third-order valence-corrected chi connectivity index (χ3v) is 3.68. The van der Waals surface area contributed by atoms with E-state index in [9.17, 15) is 9.59 Å². The first-order valence-electron chi connectivity index (χ1n) is 7.34. The van der Waals surface area contributed by atoms with Crippen LogP contribution in [0.25, 0.3) is 11.0 Å². The number of carbonyl (C=O) groups excluding carboxylic acids is 2. The van der Waals surface area contributed by atoms with Gasteiger partial charge in [0, 0.05) is 26.2 Å². The molecule has 2 heterocycles. The standard InChI is InChI=1S/C15H18N4O3/c1-2-22-15(21)19-9-7-18(8-10-19)14(20)13-16-11-5-3-4-6-12(11)17-13/h3-6H,2,7-10H2,1H3,(H,16,17). The lowest BCUT2D eigenvalue weighted by Crippen LogP contribution is -2.50. The van der Waals surface area contributed by atoms with Gasteiger partial charge in [-0.25, -0.2) is 9.78 Å².